The van der Waals surface area contributed by atoms with Crippen molar-refractivity contribution in [1.82, 2.24) is 14.6 Å². The summed E-state index contributed by atoms with van der Waals surface area (Å²) in [6.07, 6.45) is 0.951. The lowest BCUT2D eigenvalue weighted by atomic mass is 10.2. The number of carboxylic acids is 1. The van der Waals surface area contributed by atoms with Crippen LogP contribution in [-0.2, 0) is 21.9 Å². The van der Waals surface area contributed by atoms with E-state index in [4.69, 9.17) is 16.7 Å². The Labute approximate surface area is 132 Å². The lowest BCUT2D eigenvalue weighted by Gasteiger charge is -2.13. The highest BCUT2D eigenvalue weighted by atomic mass is 35.5. The Balaban J connectivity index is 3.11. The van der Waals surface area contributed by atoms with Crippen molar-refractivity contribution >= 4 is 33.5 Å². The number of aromatic nitrogens is 1. The van der Waals surface area contributed by atoms with Crippen molar-refractivity contribution in [3.63, 3.8) is 0 Å². The summed E-state index contributed by atoms with van der Waals surface area (Å²) in [6.45, 7) is 3.34. The number of carbonyl (C=O) groups is 2. The molecule has 0 fully saturated rings. The number of nitrogens with one attached hydrogen (secondary N) is 2. The fraction of sp³-hybridized carbons (Fsp3) is 0.333. The van der Waals surface area contributed by atoms with E-state index in [2.05, 4.69) is 11.9 Å². The van der Waals surface area contributed by atoms with E-state index in [1.807, 2.05) is 4.72 Å². The standard InChI is InChI=1S/C12H16ClN3O5S/c1-7(13)4-9(12(18)19)15-22(20,21)8-5-10(11(17)14-2)16(3)6-8/h5-6,9,15H,1,4H2,2-3H3,(H,14,17)(H,18,19). The zero-order valence-corrected chi connectivity index (χ0v) is 13.5. The van der Waals surface area contributed by atoms with Gasteiger partial charge in [0.2, 0.25) is 10.0 Å². The van der Waals surface area contributed by atoms with E-state index >= 15 is 0 Å². The number of aliphatic carboxylic acids is 1. The van der Waals surface area contributed by atoms with Crippen molar-refractivity contribution in [3.8, 4) is 0 Å². The number of amides is 1. The third-order valence-corrected chi connectivity index (χ3v) is 4.36. The van der Waals surface area contributed by atoms with Crippen LogP contribution in [0.15, 0.2) is 28.8 Å². The van der Waals surface area contributed by atoms with Gasteiger partial charge in [-0.05, 0) is 6.07 Å². The van der Waals surface area contributed by atoms with Crippen LogP contribution in [-0.4, -0.2) is 43.1 Å². The SMILES string of the molecule is C=C(Cl)CC(NS(=O)(=O)c1cc(C(=O)NC)n(C)c1)C(=O)O. The van der Waals surface area contributed by atoms with Gasteiger partial charge in [0, 0.05) is 31.7 Å². The molecule has 0 radical (unpaired) electrons. The van der Waals surface area contributed by atoms with E-state index in [9.17, 15) is 18.0 Å². The summed E-state index contributed by atoms with van der Waals surface area (Å²) in [5.74, 6) is -1.85. The number of aryl methyl sites for hydroxylation is 1. The summed E-state index contributed by atoms with van der Waals surface area (Å²) < 4.78 is 27.8. The van der Waals surface area contributed by atoms with Crippen LogP contribution in [0.1, 0.15) is 16.9 Å². The van der Waals surface area contributed by atoms with Crippen LogP contribution in [0.25, 0.3) is 0 Å². The Morgan fingerprint density at radius 3 is 2.55 bits per heavy atom. The second-order valence-corrected chi connectivity index (χ2v) is 6.73. The first-order valence-electron chi connectivity index (χ1n) is 6.05. The van der Waals surface area contributed by atoms with Crippen LogP contribution < -0.4 is 10.0 Å². The van der Waals surface area contributed by atoms with Crippen molar-refractivity contribution in [2.24, 2.45) is 7.05 Å². The fourth-order valence-corrected chi connectivity index (χ4v) is 3.10. The quantitative estimate of drug-likeness (QED) is 0.652. The minimum absolute atomic E-state index is 0.00853. The van der Waals surface area contributed by atoms with Crippen molar-refractivity contribution in [2.75, 3.05) is 7.05 Å². The van der Waals surface area contributed by atoms with Crippen LogP contribution >= 0.6 is 11.6 Å². The molecule has 8 nitrogen and oxygen atoms in total. The molecule has 1 rings (SSSR count). The van der Waals surface area contributed by atoms with Gasteiger partial charge in [0.25, 0.3) is 5.91 Å². The zero-order chi connectivity index (χ0) is 17.1. The summed E-state index contributed by atoms with van der Waals surface area (Å²) >= 11 is 5.53. The molecule has 1 amide bonds. The maximum atomic E-state index is 12.2. The van der Waals surface area contributed by atoms with E-state index < -0.39 is 27.9 Å². The van der Waals surface area contributed by atoms with Gasteiger partial charge in [0.05, 0.1) is 0 Å². The molecule has 0 aliphatic carbocycles. The van der Waals surface area contributed by atoms with Crippen LogP contribution in [0.2, 0.25) is 0 Å². The molecule has 10 heteroatoms. The zero-order valence-electron chi connectivity index (χ0n) is 12.0. The maximum absolute atomic E-state index is 12.2. The topological polar surface area (TPSA) is 117 Å². The number of hydrogen-bond acceptors (Lipinski definition) is 4. The number of sulfonamides is 1. The molecule has 1 unspecified atom stereocenters. The average Bonchev–Trinajstić information content (AvgIpc) is 2.79. The lowest BCUT2D eigenvalue weighted by molar-refractivity contribution is -0.138. The molecule has 0 aromatic carbocycles. The van der Waals surface area contributed by atoms with E-state index in [-0.39, 0.29) is 22.0 Å². The molecule has 0 bridgehead atoms. The lowest BCUT2D eigenvalue weighted by Crippen LogP contribution is -2.40. The van der Waals surface area contributed by atoms with Gasteiger partial charge < -0.3 is 15.0 Å². The highest BCUT2D eigenvalue weighted by molar-refractivity contribution is 7.89. The highest BCUT2D eigenvalue weighted by Gasteiger charge is 2.27. The fourth-order valence-electron chi connectivity index (χ4n) is 1.69. The van der Waals surface area contributed by atoms with E-state index in [0.29, 0.717) is 0 Å². The second-order valence-electron chi connectivity index (χ2n) is 4.48. The normalized spacial score (nSPS) is 12.7. The van der Waals surface area contributed by atoms with Gasteiger partial charge in [-0.1, -0.05) is 18.2 Å². The first-order chi connectivity index (χ1) is 10.1. The van der Waals surface area contributed by atoms with Crippen molar-refractivity contribution in [1.29, 1.82) is 0 Å². The first-order valence-corrected chi connectivity index (χ1v) is 7.91. The van der Waals surface area contributed by atoms with Crippen molar-refractivity contribution in [3.05, 3.63) is 29.6 Å². The van der Waals surface area contributed by atoms with Crippen molar-refractivity contribution in [2.45, 2.75) is 17.4 Å². The van der Waals surface area contributed by atoms with Gasteiger partial charge in [-0.2, -0.15) is 4.72 Å². The molecule has 0 saturated carbocycles. The maximum Gasteiger partial charge on any atom is 0.322 e. The number of halogens is 1. The highest BCUT2D eigenvalue weighted by Crippen LogP contribution is 2.16. The summed E-state index contributed by atoms with van der Waals surface area (Å²) in [5.41, 5.74) is 0.122. The number of hydrogen-bond donors (Lipinski definition) is 3. The molecule has 0 aliphatic rings. The Morgan fingerprint density at radius 1 is 1.50 bits per heavy atom. The molecule has 0 aliphatic heterocycles. The molecule has 22 heavy (non-hydrogen) atoms. The number of carboxylic acid groups (broad SMARTS) is 1. The van der Waals surface area contributed by atoms with Gasteiger partial charge in [-0.15, -0.1) is 0 Å². The Bertz CT molecular complexity index is 710. The van der Waals surface area contributed by atoms with Crippen LogP contribution in [0.4, 0.5) is 0 Å². The largest absolute Gasteiger partial charge is 0.480 e. The Hall–Kier alpha value is -1.84. The smallest absolute Gasteiger partial charge is 0.322 e. The van der Waals surface area contributed by atoms with Crippen molar-refractivity contribution < 1.29 is 23.1 Å². The summed E-state index contributed by atoms with van der Waals surface area (Å²) in [6, 6.07) is -0.297. The van der Waals surface area contributed by atoms with E-state index in [0.717, 1.165) is 6.07 Å². The Kier molecular flexibility index (Phi) is 5.75. The van der Waals surface area contributed by atoms with Crippen LogP contribution in [0.5, 0.6) is 0 Å². The van der Waals surface area contributed by atoms with Crippen LogP contribution in [0, 0.1) is 0 Å². The number of nitrogens with zero attached hydrogens (tertiary/aromatic N) is 1. The molecule has 1 aromatic rings. The monoisotopic (exact) mass is 349 g/mol. The van der Waals surface area contributed by atoms with E-state index in [1.165, 1.54) is 24.9 Å². The van der Waals surface area contributed by atoms with Gasteiger partial charge in [0.1, 0.15) is 16.6 Å². The molecular formula is C12H16ClN3O5S. The minimum atomic E-state index is -4.12. The average molecular weight is 350 g/mol. The molecule has 122 valence electrons. The summed E-state index contributed by atoms with van der Waals surface area (Å²) in [4.78, 5) is 22.4. The van der Waals surface area contributed by atoms with Gasteiger partial charge in [-0.25, -0.2) is 8.42 Å². The third kappa shape index (κ3) is 4.33. The minimum Gasteiger partial charge on any atom is -0.480 e. The number of rotatable bonds is 7. The predicted molar refractivity (Wildman–Crippen MR) is 80.2 cm³/mol. The molecule has 3 N–H and O–H groups in total. The molecule has 1 aromatic heterocycles. The second kappa shape index (κ2) is 6.95. The molecule has 0 spiro atoms. The number of carbonyl (C=O) groups excluding carboxylic acids is 1. The van der Waals surface area contributed by atoms with Gasteiger partial charge in [-0.3, -0.25) is 9.59 Å². The third-order valence-electron chi connectivity index (χ3n) is 2.77. The molecule has 1 heterocycles. The molecule has 1 atom stereocenters. The van der Waals surface area contributed by atoms with Crippen LogP contribution in [0.3, 0.4) is 0 Å². The Morgan fingerprint density at radius 2 is 2.09 bits per heavy atom. The molecular weight excluding hydrogens is 334 g/mol. The van der Waals surface area contributed by atoms with Gasteiger partial charge in [0.15, 0.2) is 0 Å². The van der Waals surface area contributed by atoms with Gasteiger partial charge >= 0.3 is 5.97 Å². The summed E-state index contributed by atoms with van der Waals surface area (Å²) in [7, 11) is -1.22. The summed E-state index contributed by atoms with van der Waals surface area (Å²) in [5, 5.41) is 11.4. The predicted octanol–water partition coefficient (Wildman–Crippen LogP) is 0.259. The van der Waals surface area contributed by atoms with E-state index in [1.54, 1.807) is 0 Å². The molecule has 0 saturated heterocycles. The first kappa shape index (κ1) is 18.2.